The molecule has 8 heteroatoms. The van der Waals surface area contributed by atoms with Crippen molar-refractivity contribution in [2.45, 2.75) is 31.3 Å². The Balaban J connectivity index is 1.78. The number of halogens is 1. The second-order valence-electron chi connectivity index (χ2n) is 7.82. The molecule has 0 heterocycles. The van der Waals surface area contributed by atoms with Crippen LogP contribution in [0.3, 0.4) is 0 Å². The lowest BCUT2D eigenvalue weighted by Gasteiger charge is -2.17. The number of alkyl halides is 1. The summed E-state index contributed by atoms with van der Waals surface area (Å²) in [6.45, 7) is 4.45. The molecule has 32 heavy (non-hydrogen) atoms. The molecule has 2 N–H and O–H groups in total. The van der Waals surface area contributed by atoms with Crippen LogP contribution in [0.2, 0.25) is 0 Å². The summed E-state index contributed by atoms with van der Waals surface area (Å²) in [5.41, 5.74) is 0.393. The number of methoxy groups -OCH3 is 1. The molecule has 3 rings (SSSR count). The minimum absolute atomic E-state index is 0.0601. The number of rotatable bonds is 7. The van der Waals surface area contributed by atoms with Crippen molar-refractivity contribution in [3.8, 4) is 5.75 Å². The molecule has 0 unspecified atom stereocenters. The van der Waals surface area contributed by atoms with Crippen LogP contribution in [0.4, 0.5) is 15.8 Å². The van der Waals surface area contributed by atoms with E-state index in [1.54, 1.807) is 62.6 Å². The molecule has 0 spiro atoms. The highest BCUT2D eigenvalue weighted by molar-refractivity contribution is 7.92. The lowest BCUT2D eigenvalue weighted by Crippen LogP contribution is -2.16. The highest BCUT2D eigenvalue weighted by atomic mass is 32.2. The van der Waals surface area contributed by atoms with E-state index in [1.165, 1.54) is 32.0 Å². The van der Waals surface area contributed by atoms with Gasteiger partial charge < -0.3 is 10.1 Å². The number of hydrogen-bond acceptors (Lipinski definition) is 4. The molecule has 0 atom stereocenters. The molecule has 0 aromatic heterocycles. The average molecular weight is 457 g/mol. The zero-order valence-corrected chi connectivity index (χ0v) is 19.1. The number of nitrogens with one attached hydrogen (secondary N) is 2. The molecule has 3 aromatic carbocycles. The SMILES string of the molecule is COc1ccc(C(=O)Nc2ccc(S(=O)(=O)Nc3cccc(C(C)(C)F)c3)c(C)c2)cc1. The van der Waals surface area contributed by atoms with Crippen molar-refractivity contribution in [3.05, 3.63) is 83.4 Å². The van der Waals surface area contributed by atoms with Gasteiger partial charge in [-0.15, -0.1) is 0 Å². The van der Waals surface area contributed by atoms with Gasteiger partial charge in [0.25, 0.3) is 15.9 Å². The first-order valence-corrected chi connectivity index (χ1v) is 11.4. The van der Waals surface area contributed by atoms with Crippen LogP contribution in [-0.2, 0) is 15.7 Å². The van der Waals surface area contributed by atoms with Crippen LogP contribution in [0.15, 0.2) is 71.6 Å². The molecule has 168 valence electrons. The Bertz CT molecular complexity index is 1230. The van der Waals surface area contributed by atoms with Gasteiger partial charge in [-0.25, -0.2) is 12.8 Å². The molecule has 0 saturated heterocycles. The fourth-order valence-electron chi connectivity index (χ4n) is 3.14. The number of carbonyl (C=O) groups is 1. The Morgan fingerprint density at radius 3 is 2.25 bits per heavy atom. The van der Waals surface area contributed by atoms with Gasteiger partial charge in [0.15, 0.2) is 0 Å². The number of aryl methyl sites for hydroxylation is 1. The zero-order valence-electron chi connectivity index (χ0n) is 18.3. The summed E-state index contributed by atoms with van der Waals surface area (Å²) in [5, 5.41) is 2.75. The van der Waals surface area contributed by atoms with E-state index in [2.05, 4.69) is 10.0 Å². The van der Waals surface area contributed by atoms with Gasteiger partial charge in [0, 0.05) is 16.9 Å². The maximum atomic E-state index is 14.2. The van der Waals surface area contributed by atoms with Crippen molar-refractivity contribution < 1.29 is 22.3 Å². The van der Waals surface area contributed by atoms with Crippen molar-refractivity contribution >= 4 is 27.3 Å². The van der Waals surface area contributed by atoms with Crippen LogP contribution in [-0.4, -0.2) is 21.4 Å². The van der Waals surface area contributed by atoms with Gasteiger partial charge in [0.2, 0.25) is 0 Å². The monoisotopic (exact) mass is 456 g/mol. The molecule has 0 aliphatic heterocycles. The number of anilines is 2. The first-order valence-electron chi connectivity index (χ1n) is 9.88. The second-order valence-corrected chi connectivity index (χ2v) is 9.47. The third-order valence-electron chi connectivity index (χ3n) is 4.88. The van der Waals surface area contributed by atoms with Crippen molar-refractivity contribution in [2.24, 2.45) is 0 Å². The van der Waals surface area contributed by atoms with E-state index < -0.39 is 15.7 Å². The summed E-state index contributed by atoms with van der Waals surface area (Å²) in [5.74, 6) is 0.312. The van der Waals surface area contributed by atoms with Crippen molar-refractivity contribution in [1.29, 1.82) is 0 Å². The van der Waals surface area contributed by atoms with E-state index in [9.17, 15) is 17.6 Å². The summed E-state index contributed by atoms with van der Waals surface area (Å²) in [7, 11) is -2.37. The largest absolute Gasteiger partial charge is 0.497 e. The molecule has 0 saturated carbocycles. The Kier molecular flexibility index (Phi) is 6.55. The van der Waals surface area contributed by atoms with Gasteiger partial charge in [-0.05, 0) is 86.5 Å². The highest BCUT2D eigenvalue weighted by Gasteiger charge is 2.21. The summed E-state index contributed by atoms with van der Waals surface area (Å²) in [6, 6.07) is 17.4. The molecule has 1 amide bonds. The quantitative estimate of drug-likeness (QED) is 0.508. The third-order valence-corrected chi connectivity index (χ3v) is 6.42. The van der Waals surface area contributed by atoms with Crippen molar-refractivity contribution in [2.75, 3.05) is 17.1 Å². The summed E-state index contributed by atoms with van der Waals surface area (Å²) in [6.07, 6.45) is 0. The maximum absolute atomic E-state index is 14.2. The number of ether oxygens (including phenoxy) is 1. The minimum atomic E-state index is -3.91. The molecule has 0 radical (unpaired) electrons. The van der Waals surface area contributed by atoms with E-state index in [4.69, 9.17) is 4.74 Å². The Morgan fingerprint density at radius 1 is 0.969 bits per heavy atom. The normalized spacial score (nSPS) is 11.7. The lowest BCUT2D eigenvalue weighted by molar-refractivity contribution is 0.102. The fraction of sp³-hybridized carbons (Fsp3) is 0.208. The summed E-state index contributed by atoms with van der Waals surface area (Å²) >= 11 is 0. The molecule has 0 aliphatic rings. The molecule has 0 bridgehead atoms. The smallest absolute Gasteiger partial charge is 0.262 e. The topological polar surface area (TPSA) is 84.5 Å². The Morgan fingerprint density at radius 2 is 1.66 bits per heavy atom. The molecular formula is C24H25FN2O4S. The van der Waals surface area contributed by atoms with Gasteiger partial charge in [-0.1, -0.05) is 12.1 Å². The number of amides is 1. The van der Waals surface area contributed by atoms with Gasteiger partial charge in [0.1, 0.15) is 11.4 Å². The third kappa shape index (κ3) is 5.45. The average Bonchev–Trinajstić information content (AvgIpc) is 2.73. The van der Waals surface area contributed by atoms with E-state index in [-0.39, 0.29) is 16.5 Å². The Hall–Kier alpha value is -3.39. The first-order chi connectivity index (χ1) is 15.0. The number of benzene rings is 3. The van der Waals surface area contributed by atoms with Crippen molar-refractivity contribution in [1.82, 2.24) is 0 Å². The molecule has 3 aromatic rings. The number of hydrogen-bond donors (Lipinski definition) is 2. The number of carbonyl (C=O) groups excluding carboxylic acids is 1. The van der Waals surface area contributed by atoms with E-state index >= 15 is 0 Å². The first kappa shape index (κ1) is 23.3. The van der Waals surface area contributed by atoms with Crippen LogP contribution in [0.25, 0.3) is 0 Å². The predicted molar refractivity (Wildman–Crippen MR) is 124 cm³/mol. The van der Waals surface area contributed by atoms with Gasteiger partial charge >= 0.3 is 0 Å². The molecule has 0 fully saturated rings. The van der Waals surface area contributed by atoms with Gasteiger partial charge in [0.05, 0.1) is 12.0 Å². The van der Waals surface area contributed by atoms with E-state index in [1.807, 2.05) is 0 Å². The lowest BCUT2D eigenvalue weighted by atomic mass is 10.00. The maximum Gasteiger partial charge on any atom is 0.262 e. The van der Waals surface area contributed by atoms with Crippen LogP contribution < -0.4 is 14.8 Å². The fourth-order valence-corrected chi connectivity index (χ4v) is 4.41. The van der Waals surface area contributed by atoms with Crippen LogP contribution >= 0.6 is 0 Å². The minimum Gasteiger partial charge on any atom is -0.497 e. The highest BCUT2D eigenvalue weighted by Crippen LogP contribution is 2.28. The molecule has 0 aliphatic carbocycles. The zero-order chi connectivity index (χ0) is 23.5. The van der Waals surface area contributed by atoms with E-state index in [0.717, 1.165) is 0 Å². The van der Waals surface area contributed by atoms with Gasteiger partial charge in [-0.3, -0.25) is 9.52 Å². The molecular weight excluding hydrogens is 431 g/mol. The standard InChI is InChI=1S/C24H25FN2O4S/c1-16-14-19(26-23(28)17-8-11-21(31-4)12-9-17)10-13-22(16)32(29,30)27-20-7-5-6-18(15-20)24(2,3)25/h5-15,27H,1-4H3,(H,26,28). The van der Waals surface area contributed by atoms with Crippen LogP contribution in [0.1, 0.15) is 35.3 Å². The van der Waals surface area contributed by atoms with Crippen molar-refractivity contribution in [3.63, 3.8) is 0 Å². The predicted octanol–water partition coefficient (Wildman–Crippen LogP) is 5.26. The summed E-state index contributed by atoms with van der Waals surface area (Å²) in [4.78, 5) is 12.5. The second kappa shape index (κ2) is 9.00. The van der Waals surface area contributed by atoms with Crippen LogP contribution in [0.5, 0.6) is 5.75 Å². The van der Waals surface area contributed by atoms with Crippen LogP contribution in [0, 0.1) is 6.92 Å². The Labute approximate surface area is 187 Å². The van der Waals surface area contributed by atoms with E-state index in [0.29, 0.717) is 28.1 Å². The van der Waals surface area contributed by atoms with Gasteiger partial charge in [-0.2, -0.15) is 0 Å². The molecule has 6 nitrogen and oxygen atoms in total. The summed E-state index contributed by atoms with van der Waals surface area (Å²) < 4.78 is 47.6. The number of sulfonamides is 1.